The van der Waals surface area contributed by atoms with Crippen molar-refractivity contribution in [2.24, 2.45) is 13.0 Å². The van der Waals surface area contributed by atoms with Crippen LogP contribution in [0, 0.1) is 5.92 Å². The standard InChI is InChI=1S/C14H22N6O/c1-18(2)13-12-11(8-16-19(12)3)20(14(21)17-13)9-10-4-6-15-7-5-10/h8,10,15H,4-7,9H2,1-3H3. The van der Waals surface area contributed by atoms with Crippen molar-refractivity contribution in [1.82, 2.24) is 24.6 Å². The van der Waals surface area contributed by atoms with Gasteiger partial charge in [-0.05, 0) is 31.8 Å². The molecule has 0 spiro atoms. The van der Waals surface area contributed by atoms with E-state index in [0.29, 0.717) is 11.7 Å². The average molecular weight is 290 g/mol. The van der Waals surface area contributed by atoms with Crippen molar-refractivity contribution in [3.8, 4) is 0 Å². The molecule has 114 valence electrons. The van der Waals surface area contributed by atoms with Gasteiger partial charge >= 0.3 is 5.69 Å². The molecule has 0 unspecified atom stereocenters. The monoisotopic (exact) mass is 290 g/mol. The van der Waals surface area contributed by atoms with Crippen molar-refractivity contribution in [3.63, 3.8) is 0 Å². The maximum Gasteiger partial charge on any atom is 0.350 e. The van der Waals surface area contributed by atoms with Gasteiger partial charge in [0.15, 0.2) is 5.82 Å². The van der Waals surface area contributed by atoms with Crippen molar-refractivity contribution in [1.29, 1.82) is 0 Å². The molecular formula is C14H22N6O. The van der Waals surface area contributed by atoms with Crippen molar-refractivity contribution >= 4 is 16.9 Å². The molecule has 7 heteroatoms. The Labute approximate surface area is 123 Å². The lowest BCUT2D eigenvalue weighted by molar-refractivity contribution is 0.332. The van der Waals surface area contributed by atoms with Crippen LogP contribution in [-0.2, 0) is 13.6 Å². The quantitative estimate of drug-likeness (QED) is 0.874. The van der Waals surface area contributed by atoms with Crippen LogP contribution in [0.5, 0.6) is 0 Å². The molecule has 21 heavy (non-hydrogen) atoms. The van der Waals surface area contributed by atoms with E-state index in [1.807, 2.05) is 26.0 Å². The van der Waals surface area contributed by atoms with Crippen molar-refractivity contribution in [2.75, 3.05) is 32.1 Å². The third-order valence-electron chi connectivity index (χ3n) is 4.18. The summed E-state index contributed by atoms with van der Waals surface area (Å²) in [6, 6.07) is 0. The number of hydrogen-bond acceptors (Lipinski definition) is 5. The second kappa shape index (κ2) is 5.48. The molecular weight excluding hydrogens is 268 g/mol. The van der Waals surface area contributed by atoms with Crippen LogP contribution >= 0.6 is 0 Å². The third kappa shape index (κ3) is 2.53. The lowest BCUT2D eigenvalue weighted by Gasteiger charge is -2.24. The predicted octanol–water partition coefficient (Wildman–Crippen LogP) is 0.196. The molecule has 0 amide bonds. The van der Waals surface area contributed by atoms with Crippen LogP contribution in [0.2, 0.25) is 0 Å². The van der Waals surface area contributed by atoms with E-state index in [0.717, 1.165) is 43.5 Å². The first-order valence-electron chi connectivity index (χ1n) is 7.38. The molecule has 0 aliphatic carbocycles. The van der Waals surface area contributed by atoms with Gasteiger partial charge in [-0.25, -0.2) is 4.79 Å². The molecule has 3 rings (SSSR count). The minimum atomic E-state index is -0.183. The van der Waals surface area contributed by atoms with E-state index in [1.165, 1.54) is 0 Å². The minimum Gasteiger partial charge on any atom is -0.361 e. The first kappa shape index (κ1) is 14.1. The SMILES string of the molecule is CN(C)c1nc(=O)n(CC2CCNCC2)c2cnn(C)c12. The molecule has 7 nitrogen and oxygen atoms in total. The maximum absolute atomic E-state index is 12.4. The summed E-state index contributed by atoms with van der Waals surface area (Å²) in [5, 5.41) is 7.67. The molecule has 0 saturated carbocycles. The number of fused-ring (bicyclic) bond motifs is 1. The fourth-order valence-corrected chi connectivity index (χ4v) is 3.00. The summed E-state index contributed by atoms with van der Waals surface area (Å²) in [6.45, 7) is 2.78. The van der Waals surface area contributed by atoms with Crippen LogP contribution in [0.3, 0.4) is 0 Å². The van der Waals surface area contributed by atoms with Crippen LogP contribution in [0.1, 0.15) is 12.8 Å². The van der Waals surface area contributed by atoms with Crippen LogP contribution < -0.4 is 15.9 Å². The number of hydrogen-bond donors (Lipinski definition) is 1. The molecule has 2 aromatic heterocycles. The number of anilines is 1. The number of rotatable bonds is 3. The fraction of sp³-hybridized carbons (Fsp3) is 0.643. The topological polar surface area (TPSA) is 68.0 Å². The number of nitrogens with one attached hydrogen (secondary N) is 1. The first-order chi connectivity index (χ1) is 10.1. The van der Waals surface area contributed by atoms with Gasteiger partial charge in [0, 0.05) is 27.7 Å². The van der Waals surface area contributed by atoms with E-state index >= 15 is 0 Å². The lowest BCUT2D eigenvalue weighted by atomic mass is 9.98. The Balaban J connectivity index is 2.08. The van der Waals surface area contributed by atoms with E-state index in [4.69, 9.17) is 0 Å². The summed E-state index contributed by atoms with van der Waals surface area (Å²) < 4.78 is 3.57. The Hall–Kier alpha value is -1.89. The van der Waals surface area contributed by atoms with E-state index in [9.17, 15) is 4.79 Å². The van der Waals surface area contributed by atoms with Gasteiger partial charge in [-0.15, -0.1) is 0 Å². The van der Waals surface area contributed by atoms with Crippen molar-refractivity contribution in [2.45, 2.75) is 19.4 Å². The van der Waals surface area contributed by atoms with Gasteiger partial charge in [0.2, 0.25) is 0 Å². The number of nitrogens with zero attached hydrogens (tertiary/aromatic N) is 5. The van der Waals surface area contributed by atoms with Crippen molar-refractivity contribution < 1.29 is 0 Å². The first-order valence-corrected chi connectivity index (χ1v) is 7.38. The number of aromatic nitrogens is 4. The van der Waals surface area contributed by atoms with E-state index in [2.05, 4.69) is 15.4 Å². The maximum atomic E-state index is 12.4. The molecule has 0 bridgehead atoms. The van der Waals surface area contributed by atoms with Gasteiger partial charge < -0.3 is 10.2 Å². The molecule has 0 aromatic carbocycles. The normalized spacial score (nSPS) is 16.5. The molecule has 1 saturated heterocycles. The predicted molar refractivity (Wildman–Crippen MR) is 82.7 cm³/mol. The number of piperidine rings is 1. The van der Waals surface area contributed by atoms with Gasteiger partial charge in [0.05, 0.1) is 11.7 Å². The molecule has 0 atom stereocenters. The van der Waals surface area contributed by atoms with Gasteiger partial charge in [0.25, 0.3) is 0 Å². The zero-order valence-electron chi connectivity index (χ0n) is 12.8. The summed E-state index contributed by atoms with van der Waals surface area (Å²) in [5.41, 5.74) is 1.60. The van der Waals surface area contributed by atoms with Crippen LogP contribution in [0.4, 0.5) is 5.82 Å². The smallest absolute Gasteiger partial charge is 0.350 e. The highest BCUT2D eigenvalue weighted by molar-refractivity contribution is 5.85. The lowest BCUT2D eigenvalue weighted by Crippen LogP contribution is -2.34. The molecule has 0 radical (unpaired) electrons. The Morgan fingerprint density at radius 3 is 2.76 bits per heavy atom. The van der Waals surface area contributed by atoms with Crippen molar-refractivity contribution in [3.05, 3.63) is 16.7 Å². The van der Waals surface area contributed by atoms with E-state index in [-0.39, 0.29) is 5.69 Å². The Kier molecular flexibility index (Phi) is 3.67. The zero-order valence-corrected chi connectivity index (χ0v) is 12.8. The highest BCUT2D eigenvalue weighted by Gasteiger charge is 2.19. The van der Waals surface area contributed by atoms with Gasteiger partial charge in [-0.2, -0.15) is 10.1 Å². The summed E-state index contributed by atoms with van der Waals surface area (Å²) >= 11 is 0. The van der Waals surface area contributed by atoms with Crippen LogP contribution in [0.15, 0.2) is 11.0 Å². The molecule has 1 aliphatic rings. The summed E-state index contributed by atoms with van der Waals surface area (Å²) in [4.78, 5) is 18.5. The molecule has 2 aromatic rings. The second-order valence-electron chi connectivity index (χ2n) is 5.92. The van der Waals surface area contributed by atoms with Gasteiger partial charge in [-0.1, -0.05) is 0 Å². The molecule has 1 fully saturated rings. The largest absolute Gasteiger partial charge is 0.361 e. The zero-order chi connectivity index (χ0) is 15.0. The summed E-state index contributed by atoms with van der Waals surface area (Å²) in [5.74, 6) is 1.20. The Morgan fingerprint density at radius 1 is 1.38 bits per heavy atom. The minimum absolute atomic E-state index is 0.183. The Morgan fingerprint density at radius 2 is 2.10 bits per heavy atom. The average Bonchev–Trinajstić information content (AvgIpc) is 2.85. The molecule has 1 N–H and O–H groups in total. The van der Waals surface area contributed by atoms with Gasteiger partial charge in [0.1, 0.15) is 5.52 Å². The molecule has 3 heterocycles. The second-order valence-corrected chi connectivity index (χ2v) is 5.92. The Bertz CT molecular complexity index is 695. The molecule has 1 aliphatic heterocycles. The summed E-state index contributed by atoms with van der Waals surface area (Å²) in [7, 11) is 5.67. The van der Waals surface area contributed by atoms with Crippen LogP contribution in [-0.4, -0.2) is 46.5 Å². The van der Waals surface area contributed by atoms with E-state index < -0.39 is 0 Å². The summed E-state index contributed by atoms with van der Waals surface area (Å²) in [6.07, 6.45) is 3.97. The van der Waals surface area contributed by atoms with Gasteiger partial charge in [-0.3, -0.25) is 9.25 Å². The number of aryl methyl sites for hydroxylation is 1. The highest BCUT2D eigenvalue weighted by Crippen LogP contribution is 2.22. The van der Waals surface area contributed by atoms with E-state index in [1.54, 1.807) is 15.4 Å². The fourth-order valence-electron chi connectivity index (χ4n) is 3.00. The highest BCUT2D eigenvalue weighted by atomic mass is 16.1. The third-order valence-corrected chi connectivity index (χ3v) is 4.18. The van der Waals surface area contributed by atoms with Crippen LogP contribution in [0.25, 0.3) is 11.0 Å².